The summed E-state index contributed by atoms with van der Waals surface area (Å²) in [4.78, 5) is 11.0. The highest BCUT2D eigenvalue weighted by Gasteiger charge is 2.52. The number of carboxylic acids is 1. The molecular formula is C15H27NO11S. The normalized spacial score (nSPS) is 40.6. The average Bonchev–Trinajstić information content (AvgIpc) is 3.17. The van der Waals surface area contributed by atoms with Crippen molar-refractivity contribution in [1.29, 1.82) is 0 Å². The van der Waals surface area contributed by atoms with Crippen molar-refractivity contribution in [2.24, 2.45) is 5.92 Å². The molecule has 2 saturated heterocycles. The molecule has 0 aromatic heterocycles. The third-order valence-corrected chi connectivity index (χ3v) is 6.40. The van der Waals surface area contributed by atoms with Crippen molar-refractivity contribution in [3.8, 4) is 0 Å². The van der Waals surface area contributed by atoms with Gasteiger partial charge in [0.05, 0.1) is 36.9 Å². The fourth-order valence-electron chi connectivity index (χ4n) is 3.45. The van der Waals surface area contributed by atoms with E-state index < -0.39 is 85.3 Å². The Morgan fingerprint density at radius 3 is 2.25 bits per heavy atom. The number of aliphatic carboxylic acids is 1. The van der Waals surface area contributed by atoms with Gasteiger partial charge in [-0.2, -0.15) is 0 Å². The van der Waals surface area contributed by atoms with Gasteiger partial charge in [0.2, 0.25) is 0 Å². The molecule has 0 radical (unpaired) electrons. The molecular weight excluding hydrogens is 402 g/mol. The summed E-state index contributed by atoms with van der Waals surface area (Å²) < 4.78 is 5.34. The number of hydrogen-bond donors (Lipinski definition) is 10. The molecule has 12 nitrogen and oxygen atoms in total. The summed E-state index contributed by atoms with van der Waals surface area (Å²) in [6.45, 7) is -1.62. The van der Waals surface area contributed by atoms with E-state index in [4.69, 9.17) is 9.84 Å². The van der Waals surface area contributed by atoms with E-state index in [1.54, 1.807) is 0 Å². The van der Waals surface area contributed by atoms with Crippen molar-refractivity contribution in [2.75, 3.05) is 19.0 Å². The second kappa shape index (κ2) is 9.95. The number of aliphatic hydroxyl groups is 8. The van der Waals surface area contributed by atoms with Gasteiger partial charge in [0.15, 0.2) is 0 Å². The number of carbonyl (C=O) groups is 1. The lowest BCUT2D eigenvalue weighted by Crippen LogP contribution is -2.64. The standard InChI is InChI=1S/C15H27NO11S/c17-1-5(19)7(13-11(23)10(22)8(20)6(2-18)27-13)9(21)12(24)14-16-4(3-28-14)15(25)26/h4-14,16-24H,1-3H2,(H,25,26)/t4-,5-,6+,7+,8-,9+,10-,11+,12+,13+,14+/m0/s1. The first-order valence-electron chi connectivity index (χ1n) is 8.70. The van der Waals surface area contributed by atoms with E-state index in [0.29, 0.717) is 0 Å². The summed E-state index contributed by atoms with van der Waals surface area (Å²) in [6, 6.07) is -0.953. The largest absolute Gasteiger partial charge is 0.480 e. The molecule has 2 rings (SSSR count). The SMILES string of the molecule is O=C(O)[C@@H]1CS[C@H]([C@H](O)[C@H](O)[C@H]([C@H]2O[C@H](CO)[C@H](O)[C@H](O)[C@H]2O)[C@@H](O)CO)N1. The number of carboxylic acid groups (broad SMARTS) is 1. The van der Waals surface area contributed by atoms with Crippen LogP contribution >= 0.6 is 11.8 Å². The molecule has 0 aliphatic carbocycles. The van der Waals surface area contributed by atoms with E-state index in [-0.39, 0.29) is 5.75 Å². The molecule has 2 aliphatic rings. The van der Waals surface area contributed by atoms with Crippen molar-refractivity contribution in [1.82, 2.24) is 5.32 Å². The molecule has 0 bridgehead atoms. The zero-order chi connectivity index (χ0) is 21.2. The summed E-state index contributed by atoms with van der Waals surface area (Å²) in [5.74, 6) is -2.55. The lowest BCUT2D eigenvalue weighted by molar-refractivity contribution is -0.261. The molecule has 13 heteroatoms. The quantitative estimate of drug-likeness (QED) is 0.174. The van der Waals surface area contributed by atoms with Crippen LogP contribution in [0.15, 0.2) is 0 Å². The zero-order valence-corrected chi connectivity index (χ0v) is 15.5. The predicted molar refractivity (Wildman–Crippen MR) is 93.2 cm³/mol. The summed E-state index contributed by atoms with van der Waals surface area (Å²) in [5.41, 5.74) is 0. The minimum Gasteiger partial charge on any atom is -0.480 e. The molecule has 2 heterocycles. The zero-order valence-electron chi connectivity index (χ0n) is 14.7. The summed E-state index contributed by atoms with van der Waals surface area (Å²) >= 11 is 1.03. The molecule has 11 atom stereocenters. The van der Waals surface area contributed by atoms with Crippen LogP contribution in [0.4, 0.5) is 0 Å². The van der Waals surface area contributed by atoms with Crippen LogP contribution in [0.2, 0.25) is 0 Å². The maximum absolute atomic E-state index is 11.0. The van der Waals surface area contributed by atoms with Crippen LogP contribution in [0.5, 0.6) is 0 Å². The first kappa shape index (κ1) is 23.7. The number of aliphatic hydroxyl groups excluding tert-OH is 8. The Balaban J connectivity index is 2.21. The van der Waals surface area contributed by atoms with Gasteiger partial charge in [0.25, 0.3) is 0 Å². The molecule has 0 aromatic rings. The van der Waals surface area contributed by atoms with E-state index in [2.05, 4.69) is 5.32 Å². The average molecular weight is 429 g/mol. The van der Waals surface area contributed by atoms with Crippen molar-refractivity contribution in [3.05, 3.63) is 0 Å². The molecule has 164 valence electrons. The first-order valence-corrected chi connectivity index (χ1v) is 9.74. The molecule has 2 aliphatic heterocycles. The third kappa shape index (κ3) is 4.76. The van der Waals surface area contributed by atoms with Crippen molar-refractivity contribution in [3.63, 3.8) is 0 Å². The Labute approximate surface area is 164 Å². The molecule has 0 unspecified atom stereocenters. The third-order valence-electron chi connectivity index (χ3n) is 5.10. The lowest BCUT2D eigenvalue weighted by atomic mass is 9.80. The minimum atomic E-state index is -1.82. The number of rotatable bonds is 8. The van der Waals surface area contributed by atoms with Crippen LogP contribution in [0.25, 0.3) is 0 Å². The van der Waals surface area contributed by atoms with Gasteiger partial charge in [-0.15, -0.1) is 11.8 Å². The van der Waals surface area contributed by atoms with Gasteiger partial charge in [-0.25, -0.2) is 0 Å². The fourth-order valence-corrected chi connectivity index (χ4v) is 4.71. The fraction of sp³-hybridized carbons (Fsp3) is 0.933. The van der Waals surface area contributed by atoms with E-state index in [0.717, 1.165) is 11.8 Å². The van der Waals surface area contributed by atoms with Crippen molar-refractivity contribution >= 4 is 17.7 Å². The molecule has 10 N–H and O–H groups in total. The molecule has 0 saturated carbocycles. The van der Waals surface area contributed by atoms with Crippen molar-refractivity contribution in [2.45, 2.75) is 60.2 Å². The molecule has 0 spiro atoms. The number of nitrogens with one attached hydrogen (secondary N) is 1. The number of hydrogen-bond acceptors (Lipinski definition) is 12. The maximum Gasteiger partial charge on any atom is 0.321 e. The van der Waals surface area contributed by atoms with Gasteiger partial charge < -0.3 is 50.7 Å². The summed E-state index contributed by atoms with van der Waals surface area (Å²) in [5, 5.41) is 90.6. The smallest absolute Gasteiger partial charge is 0.321 e. The van der Waals surface area contributed by atoms with Crippen LogP contribution in [-0.2, 0) is 9.53 Å². The molecule has 2 fully saturated rings. The number of ether oxygens (including phenoxy) is 1. The van der Waals surface area contributed by atoms with Crippen LogP contribution in [0.3, 0.4) is 0 Å². The lowest BCUT2D eigenvalue weighted by Gasteiger charge is -2.46. The molecule has 0 amide bonds. The van der Waals surface area contributed by atoms with Gasteiger partial charge in [0, 0.05) is 11.7 Å². The highest BCUT2D eigenvalue weighted by molar-refractivity contribution is 8.00. The second-order valence-electron chi connectivity index (χ2n) is 6.91. The summed E-state index contributed by atoms with van der Waals surface area (Å²) in [6.07, 6.45) is -13.2. The Hall–Kier alpha value is -0.580. The minimum absolute atomic E-state index is 0.122. The highest BCUT2D eigenvalue weighted by atomic mass is 32.2. The maximum atomic E-state index is 11.0. The van der Waals surface area contributed by atoms with E-state index >= 15 is 0 Å². The van der Waals surface area contributed by atoms with Gasteiger partial charge >= 0.3 is 5.97 Å². The van der Waals surface area contributed by atoms with E-state index in [1.807, 2.05) is 0 Å². The van der Waals surface area contributed by atoms with Crippen LogP contribution < -0.4 is 5.32 Å². The number of thioether (sulfide) groups is 1. The van der Waals surface area contributed by atoms with Gasteiger partial charge in [-0.1, -0.05) is 0 Å². The predicted octanol–water partition coefficient (Wildman–Crippen LogP) is -5.36. The topological polar surface area (TPSA) is 220 Å². The molecule has 0 aromatic carbocycles. The monoisotopic (exact) mass is 429 g/mol. The molecule has 28 heavy (non-hydrogen) atoms. The Morgan fingerprint density at radius 1 is 1.11 bits per heavy atom. The Morgan fingerprint density at radius 2 is 1.75 bits per heavy atom. The van der Waals surface area contributed by atoms with Crippen LogP contribution in [0, 0.1) is 5.92 Å². The van der Waals surface area contributed by atoms with Gasteiger partial charge in [-0.05, 0) is 0 Å². The van der Waals surface area contributed by atoms with E-state index in [9.17, 15) is 45.6 Å². The van der Waals surface area contributed by atoms with Crippen LogP contribution in [0.1, 0.15) is 0 Å². The van der Waals surface area contributed by atoms with Crippen LogP contribution in [-0.4, -0.2) is 131 Å². The highest BCUT2D eigenvalue weighted by Crippen LogP contribution is 2.33. The first-order chi connectivity index (χ1) is 13.1. The second-order valence-corrected chi connectivity index (χ2v) is 8.09. The Bertz CT molecular complexity index is 526. The Kier molecular flexibility index (Phi) is 8.42. The van der Waals surface area contributed by atoms with E-state index in [1.165, 1.54) is 0 Å². The van der Waals surface area contributed by atoms with Crippen molar-refractivity contribution < 1.29 is 55.5 Å². The van der Waals surface area contributed by atoms with Gasteiger partial charge in [0.1, 0.15) is 36.6 Å². The van der Waals surface area contributed by atoms with Gasteiger partial charge in [-0.3, -0.25) is 10.1 Å². The summed E-state index contributed by atoms with van der Waals surface area (Å²) in [7, 11) is 0.